The lowest BCUT2D eigenvalue weighted by atomic mass is 10.1. The molecule has 0 fully saturated rings. The third-order valence-electron chi connectivity index (χ3n) is 3.50. The number of para-hydroxylation sites is 3. The van der Waals surface area contributed by atoms with Crippen molar-refractivity contribution in [2.45, 2.75) is 0 Å². The molecule has 3 nitrogen and oxygen atoms in total. The van der Waals surface area contributed by atoms with Gasteiger partial charge in [-0.2, -0.15) is 0 Å². The van der Waals surface area contributed by atoms with Crippen molar-refractivity contribution in [2.24, 2.45) is 0 Å². The zero-order valence-corrected chi connectivity index (χ0v) is 14.8. The maximum absolute atomic E-state index is 9.56. The number of hydrogen-bond acceptors (Lipinski definition) is 3. The largest absolute Gasteiger partial charge is 0.508 e. The van der Waals surface area contributed by atoms with Gasteiger partial charge < -0.3 is 15.3 Å². The molecule has 0 unspecified atom stereocenters. The highest BCUT2D eigenvalue weighted by Crippen LogP contribution is 2.27. The first-order chi connectivity index (χ1) is 13.2. The van der Waals surface area contributed by atoms with E-state index >= 15 is 0 Å². The molecule has 0 radical (unpaired) electrons. The van der Waals surface area contributed by atoms with Crippen molar-refractivity contribution in [3.63, 3.8) is 0 Å². The summed E-state index contributed by atoms with van der Waals surface area (Å²) in [5.41, 5.74) is 1.92. The van der Waals surface area contributed by atoms with Gasteiger partial charge in [-0.25, -0.2) is 0 Å². The summed E-state index contributed by atoms with van der Waals surface area (Å²) in [4.78, 5) is 0. The minimum absolute atomic E-state index is 0.322. The van der Waals surface area contributed by atoms with Crippen LogP contribution in [0.5, 0.6) is 17.2 Å². The second-order valence-electron chi connectivity index (χ2n) is 5.55. The average Bonchev–Trinajstić information content (AvgIpc) is 2.71. The van der Waals surface area contributed by atoms with Gasteiger partial charge >= 0.3 is 0 Å². The lowest BCUT2D eigenvalue weighted by molar-refractivity contribution is 0.475. The second kappa shape index (κ2) is 11.0. The van der Waals surface area contributed by atoms with Crippen LogP contribution in [0.1, 0.15) is 0 Å². The summed E-state index contributed by atoms with van der Waals surface area (Å²) in [6.45, 7) is 0. The Morgan fingerprint density at radius 1 is 0.370 bits per heavy atom. The Hall–Kier alpha value is -3.72. The summed E-state index contributed by atoms with van der Waals surface area (Å²) in [5.74, 6) is 0.971. The molecule has 0 spiro atoms. The third-order valence-corrected chi connectivity index (χ3v) is 3.50. The predicted molar refractivity (Wildman–Crippen MR) is 110 cm³/mol. The Bertz CT molecular complexity index is 855. The van der Waals surface area contributed by atoms with Gasteiger partial charge in [-0.1, -0.05) is 84.9 Å². The van der Waals surface area contributed by atoms with Crippen molar-refractivity contribution in [3.8, 4) is 28.4 Å². The summed E-state index contributed by atoms with van der Waals surface area (Å²) < 4.78 is 0. The number of aromatic hydroxyl groups is 3. The van der Waals surface area contributed by atoms with Crippen molar-refractivity contribution in [2.75, 3.05) is 0 Å². The van der Waals surface area contributed by atoms with Crippen LogP contribution in [0.15, 0.2) is 115 Å². The van der Waals surface area contributed by atoms with Gasteiger partial charge in [-0.15, -0.1) is 0 Å². The SMILES string of the molecule is Oc1ccccc1.Oc1ccccc1.Oc1ccccc1-c1ccccc1. The highest BCUT2D eigenvalue weighted by atomic mass is 16.3. The van der Waals surface area contributed by atoms with E-state index in [0.29, 0.717) is 17.2 Å². The molecule has 27 heavy (non-hydrogen) atoms. The van der Waals surface area contributed by atoms with Gasteiger partial charge in [-0.05, 0) is 35.9 Å². The molecule has 4 aromatic rings. The zero-order valence-electron chi connectivity index (χ0n) is 14.8. The monoisotopic (exact) mass is 358 g/mol. The van der Waals surface area contributed by atoms with Crippen molar-refractivity contribution >= 4 is 0 Å². The van der Waals surface area contributed by atoms with E-state index in [-0.39, 0.29) is 0 Å². The number of phenolic OH excluding ortho intramolecular Hbond substituents is 3. The van der Waals surface area contributed by atoms with Crippen LogP contribution < -0.4 is 0 Å². The lowest BCUT2D eigenvalue weighted by Crippen LogP contribution is -1.76. The van der Waals surface area contributed by atoms with Gasteiger partial charge in [-0.3, -0.25) is 0 Å². The number of phenols is 3. The van der Waals surface area contributed by atoms with Crippen LogP contribution in [-0.4, -0.2) is 15.3 Å². The fraction of sp³-hybridized carbons (Fsp3) is 0. The van der Waals surface area contributed by atoms with Crippen LogP contribution in [0.4, 0.5) is 0 Å². The smallest absolute Gasteiger partial charge is 0.123 e. The molecule has 4 rings (SSSR count). The molecule has 0 aliphatic rings. The average molecular weight is 358 g/mol. The summed E-state index contributed by atoms with van der Waals surface area (Å²) >= 11 is 0. The standard InChI is InChI=1S/C12H10O.2C6H6O/c13-12-9-5-4-8-11(12)10-6-2-1-3-7-10;2*7-6-4-2-1-3-5-6/h1-9,13H;2*1-5,7H. The van der Waals surface area contributed by atoms with Gasteiger partial charge in [0.1, 0.15) is 17.2 Å². The Labute approximate surface area is 159 Å². The molecule has 0 atom stereocenters. The molecule has 0 aliphatic heterocycles. The van der Waals surface area contributed by atoms with Crippen LogP contribution in [0.25, 0.3) is 11.1 Å². The van der Waals surface area contributed by atoms with Crippen LogP contribution in [-0.2, 0) is 0 Å². The van der Waals surface area contributed by atoms with E-state index in [1.807, 2.05) is 60.7 Å². The van der Waals surface area contributed by atoms with E-state index in [4.69, 9.17) is 10.2 Å². The minimum atomic E-state index is 0.322. The molecule has 0 heterocycles. The van der Waals surface area contributed by atoms with Crippen molar-refractivity contribution < 1.29 is 15.3 Å². The number of rotatable bonds is 1. The van der Waals surface area contributed by atoms with Crippen LogP contribution in [0.3, 0.4) is 0 Å². The summed E-state index contributed by atoms with van der Waals surface area (Å²) in [6.07, 6.45) is 0. The minimum Gasteiger partial charge on any atom is -0.508 e. The van der Waals surface area contributed by atoms with Crippen molar-refractivity contribution in [1.82, 2.24) is 0 Å². The van der Waals surface area contributed by atoms with E-state index < -0.39 is 0 Å². The Kier molecular flexibility index (Phi) is 7.99. The topological polar surface area (TPSA) is 60.7 Å². The Balaban J connectivity index is 0.000000159. The van der Waals surface area contributed by atoms with E-state index in [1.165, 1.54) is 0 Å². The summed E-state index contributed by atoms with van der Waals surface area (Å²) in [5, 5.41) is 26.8. The molecular formula is C24H22O3. The maximum Gasteiger partial charge on any atom is 0.123 e. The lowest BCUT2D eigenvalue weighted by Gasteiger charge is -2.02. The molecule has 0 bridgehead atoms. The molecule has 4 aromatic carbocycles. The first-order valence-electron chi connectivity index (χ1n) is 8.48. The van der Waals surface area contributed by atoms with E-state index in [9.17, 15) is 5.11 Å². The second-order valence-corrected chi connectivity index (χ2v) is 5.55. The third kappa shape index (κ3) is 7.36. The van der Waals surface area contributed by atoms with Gasteiger partial charge in [0.15, 0.2) is 0 Å². The highest BCUT2D eigenvalue weighted by molar-refractivity contribution is 5.69. The fourth-order valence-electron chi connectivity index (χ4n) is 2.19. The fourth-order valence-corrected chi connectivity index (χ4v) is 2.19. The first-order valence-corrected chi connectivity index (χ1v) is 8.48. The quantitative estimate of drug-likeness (QED) is 0.400. The molecule has 3 N–H and O–H groups in total. The molecule has 3 heteroatoms. The normalized spacial score (nSPS) is 9.19. The number of hydrogen-bond donors (Lipinski definition) is 3. The molecule has 0 amide bonds. The van der Waals surface area contributed by atoms with Crippen molar-refractivity contribution in [3.05, 3.63) is 115 Å². The van der Waals surface area contributed by atoms with E-state index in [1.54, 1.807) is 54.6 Å². The summed E-state index contributed by atoms with van der Waals surface area (Å²) in [7, 11) is 0. The Morgan fingerprint density at radius 3 is 1.11 bits per heavy atom. The van der Waals surface area contributed by atoms with E-state index in [2.05, 4.69) is 0 Å². The van der Waals surface area contributed by atoms with Crippen LogP contribution in [0.2, 0.25) is 0 Å². The van der Waals surface area contributed by atoms with Gasteiger partial charge in [0.25, 0.3) is 0 Å². The Morgan fingerprint density at radius 2 is 0.741 bits per heavy atom. The molecular weight excluding hydrogens is 336 g/mol. The summed E-state index contributed by atoms with van der Waals surface area (Å²) in [6, 6.07) is 34.6. The zero-order chi connectivity index (χ0) is 19.3. The molecule has 136 valence electrons. The van der Waals surface area contributed by atoms with Crippen molar-refractivity contribution in [1.29, 1.82) is 0 Å². The molecule has 0 aromatic heterocycles. The first kappa shape index (κ1) is 19.6. The van der Waals surface area contributed by atoms with E-state index in [0.717, 1.165) is 11.1 Å². The van der Waals surface area contributed by atoms with Gasteiger partial charge in [0, 0.05) is 5.56 Å². The van der Waals surface area contributed by atoms with Gasteiger partial charge in [0.05, 0.1) is 0 Å². The number of benzene rings is 4. The van der Waals surface area contributed by atoms with Gasteiger partial charge in [0.2, 0.25) is 0 Å². The molecule has 0 aliphatic carbocycles. The maximum atomic E-state index is 9.56. The molecule has 0 saturated heterocycles. The predicted octanol–water partition coefficient (Wildman–Crippen LogP) is 5.84. The highest BCUT2D eigenvalue weighted by Gasteiger charge is 2.00. The van der Waals surface area contributed by atoms with Crippen LogP contribution >= 0.6 is 0 Å². The molecule has 0 saturated carbocycles. The van der Waals surface area contributed by atoms with Crippen LogP contribution in [0, 0.1) is 0 Å².